The maximum atomic E-state index is 12.7. The molecule has 0 radical (unpaired) electrons. The van der Waals surface area contributed by atoms with E-state index < -0.39 is 0 Å². The second-order valence-electron chi connectivity index (χ2n) is 6.78. The number of likely N-dealkylation sites (tertiary alicyclic amines) is 1. The minimum atomic E-state index is -0.195. The van der Waals surface area contributed by atoms with Crippen LogP contribution in [-0.4, -0.2) is 72.9 Å². The second kappa shape index (κ2) is 7.87. The zero-order valence-electron chi connectivity index (χ0n) is 15.1. The van der Waals surface area contributed by atoms with E-state index in [1.54, 1.807) is 12.0 Å². The predicted octanol–water partition coefficient (Wildman–Crippen LogP) is 1.21. The van der Waals surface area contributed by atoms with E-state index in [1.807, 2.05) is 29.2 Å². The zero-order valence-corrected chi connectivity index (χ0v) is 15.1. The van der Waals surface area contributed by atoms with Crippen LogP contribution in [0.25, 0.3) is 0 Å². The molecule has 0 N–H and O–H groups in total. The summed E-state index contributed by atoms with van der Waals surface area (Å²) in [5.41, 5.74) is 1.05. The van der Waals surface area contributed by atoms with Gasteiger partial charge in [0.25, 0.3) is 0 Å². The summed E-state index contributed by atoms with van der Waals surface area (Å²) >= 11 is 0. The van der Waals surface area contributed by atoms with Crippen LogP contribution in [0.4, 0.5) is 0 Å². The summed E-state index contributed by atoms with van der Waals surface area (Å²) in [6, 6.07) is 7.72. The molecule has 2 aliphatic rings. The Hall–Kier alpha value is -2.08. The van der Waals surface area contributed by atoms with E-state index in [-0.39, 0.29) is 17.7 Å². The second-order valence-corrected chi connectivity index (χ2v) is 6.78. The van der Waals surface area contributed by atoms with Gasteiger partial charge in [-0.1, -0.05) is 19.1 Å². The van der Waals surface area contributed by atoms with Crippen molar-refractivity contribution in [1.82, 2.24) is 14.7 Å². The van der Waals surface area contributed by atoms with Crippen LogP contribution in [-0.2, 0) is 16.1 Å². The summed E-state index contributed by atoms with van der Waals surface area (Å²) in [5, 5.41) is 0. The fourth-order valence-corrected chi connectivity index (χ4v) is 3.58. The summed E-state index contributed by atoms with van der Waals surface area (Å²) in [7, 11) is 1.63. The van der Waals surface area contributed by atoms with Gasteiger partial charge in [-0.05, 0) is 24.2 Å². The molecular formula is C19H27N3O3. The number of benzene rings is 1. The third-order valence-electron chi connectivity index (χ3n) is 5.23. The van der Waals surface area contributed by atoms with E-state index >= 15 is 0 Å². The first-order chi connectivity index (χ1) is 12.1. The normalized spacial score (nSPS) is 21.7. The number of rotatable bonds is 5. The molecule has 2 fully saturated rings. The highest BCUT2D eigenvalue weighted by Gasteiger charge is 2.37. The molecule has 2 amide bonds. The van der Waals surface area contributed by atoms with Gasteiger partial charge >= 0.3 is 0 Å². The molecule has 0 aromatic heterocycles. The molecule has 1 aromatic rings. The van der Waals surface area contributed by atoms with Gasteiger partial charge in [-0.3, -0.25) is 9.59 Å². The summed E-state index contributed by atoms with van der Waals surface area (Å²) in [6.07, 6.45) is 0.336. The Morgan fingerprint density at radius 2 is 1.84 bits per heavy atom. The highest BCUT2D eigenvalue weighted by molar-refractivity contribution is 5.89. The largest absolute Gasteiger partial charge is 0.497 e. The van der Waals surface area contributed by atoms with Crippen molar-refractivity contribution in [2.24, 2.45) is 5.92 Å². The number of piperazine rings is 1. The lowest BCUT2D eigenvalue weighted by Gasteiger charge is -2.35. The van der Waals surface area contributed by atoms with Gasteiger partial charge in [0, 0.05) is 45.7 Å². The monoisotopic (exact) mass is 345 g/mol. The average Bonchev–Trinajstić information content (AvgIpc) is 3.02. The van der Waals surface area contributed by atoms with Crippen LogP contribution in [0.5, 0.6) is 5.75 Å². The number of methoxy groups -OCH3 is 1. The topological polar surface area (TPSA) is 53.1 Å². The third-order valence-corrected chi connectivity index (χ3v) is 5.23. The summed E-state index contributed by atoms with van der Waals surface area (Å²) in [4.78, 5) is 31.1. The molecule has 2 saturated heterocycles. The van der Waals surface area contributed by atoms with E-state index in [1.165, 1.54) is 0 Å². The van der Waals surface area contributed by atoms with E-state index in [0.29, 0.717) is 19.5 Å². The van der Waals surface area contributed by atoms with Crippen LogP contribution >= 0.6 is 0 Å². The first-order valence-electron chi connectivity index (χ1n) is 9.02. The van der Waals surface area contributed by atoms with E-state index in [2.05, 4.69) is 11.8 Å². The maximum Gasteiger partial charge on any atom is 0.228 e. The van der Waals surface area contributed by atoms with E-state index in [4.69, 9.17) is 4.74 Å². The Labute approximate surface area is 149 Å². The van der Waals surface area contributed by atoms with Gasteiger partial charge in [-0.25, -0.2) is 0 Å². The van der Waals surface area contributed by atoms with Crippen molar-refractivity contribution in [3.05, 3.63) is 29.8 Å². The van der Waals surface area contributed by atoms with Crippen LogP contribution in [0.1, 0.15) is 18.9 Å². The molecule has 6 nitrogen and oxygen atoms in total. The van der Waals surface area contributed by atoms with Crippen molar-refractivity contribution in [2.75, 3.05) is 46.4 Å². The highest BCUT2D eigenvalue weighted by Crippen LogP contribution is 2.23. The van der Waals surface area contributed by atoms with Crippen LogP contribution in [0.15, 0.2) is 24.3 Å². The number of amides is 2. The van der Waals surface area contributed by atoms with Crippen molar-refractivity contribution in [3.8, 4) is 5.75 Å². The van der Waals surface area contributed by atoms with Crippen molar-refractivity contribution in [1.29, 1.82) is 0 Å². The molecule has 3 rings (SSSR count). The fraction of sp³-hybridized carbons (Fsp3) is 0.579. The Morgan fingerprint density at radius 3 is 2.44 bits per heavy atom. The smallest absolute Gasteiger partial charge is 0.228 e. The molecule has 6 heteroatoms. The van der Waals surface area contributed by atoms with Crippen molar-refractivity contribution < 1.29 is 14.3 Å². The van der Waals surface area contributed by atoms with Gasteiger partial charge in [0.15, 0.2) is 0 Å². The quantitative estimate of drug-likeness (QED) is 0.805. The summed E-state index contributed by atoms with van der Waals surface area (Å²) < 4.78 is 5.16. The van der Waals surface area contributed by atoms with Gasteiger partial charge < -0.3 is 19.4 Å². The Kier molecular flexibility index (Phi) is 5.58. The Bertz CT molecular complexity index is 609. The number of hydrogen-bond donors (Lipinski definition) is 0. The molecule has 0 spiro atoms. The van der Waals surface area contributed by atoms with E-state index in [0.717, 1.165) is 44.0 Å². The zero-order chi connectivity index (χ0) is 17.8. The molecular weight excluding hydrogens is 318 g/mol. The minimum Gasteiger partial charge on any atom is -0.497 e. The molecule has 1 atom stereocenters. The molecule has 2 heterocycles. The fourth-order valence-electron chi connectivity index (χ4n) is 3.58. The molecule has 2 aliphatic heterocycles. The lowest BCUT2D eigenvalue weighted by Crippen LogP contribution is -2.50. The van der Waals surface area contributed by atoms with Gasteiger partial charge in [-0.15, -0.1) is 0 Å². The maximum absolute atomic E-state index is 12.7. The van der Waals surface area contributed by atoms with E-state index in [9.17, 15) is 9.59 Å². The highest BCUT2D eigenvalue weighted by atomic mass is 16.5. The van der Waals surface area contributed by atoms with Crippen LogP contribution in [0, 0.1) is 5.92 Å². The summed E-state index contributed by atoms with van der Waals surface area (Å²) in [6.45, 7) is 7.65. The lowest BCUT2D eigenvalue weighted by molar-refractivity contribution is -0.137. The van der Waals surface area contributed by atoms with Crippen molar-refractivity contribution in [2.45, 2.75) is 19.9 Å². The predicted molar refractivity (Wildman–Crippen MR) is 95.2 cm³/mol. The molecule has 1 aromatic carbocycles. The molecule has 0 unspecified atom stereocenters. The first-order valence-corrected chi connectivity index (χ1v) is 9.02. The van der Waals surface area contributed by atoms with Gasteiger partial charge in [0.2, 0.25) is 11.8 Å². The molecule has 0 aliphatic carbocycles. The lowest BCUT2D eigenvalue weighted by atomic mass is 10.1. The van der Waals surface area contributed by atoms with Crippen LogP contribution < -0.4 is 4.74 Å². The average molecular weight is 345 g/mol. The number of likely N-dealkylation sites (N-methyl/N-ethyl adjacent to an activating group) is 1. The summed E-state index contributed by atoms with van der Waals surface area (Å²) in [5.74, 6) is 0.817. The number of carbonyl (C=O) groups excluding carboxylic acids is 2. The minimum absolute atomic E-state index is 0.0707. The molecule has 25 heavy (non-hydrogen) atoms. The number of ether oxygens (including phenoxy) is 1. The number of hydrogen-bond acceptors (Lipinski definition) is 4. The first kappa shape index (κ1) is 17.7. The standard InChI is InChI=1S/C19H27N3O3/c1-3-20-8-10-21(11-9-20)19(24)16-12-18(23)22(14-16)13-15-4-6-17(25-2)7-5-15/h4-7,16H,3,8-14H2,1-2H3/t16-/m0/s1. The Morgan fingerprint density at radius 1 is 1.16 bits per heavy atom. The van der Waals surface area contributed by atoms with Gasteiger partial charge in [0.1, 0.15) is 5.75 Å². The van der Waals surface area contributed by atoms with Crippen LogP contribution in [0.2, 0.25) is 0 Å². The number of carbonyl (C=O) groups is 2. The van der Waals surface area contributed by atoms with Crippen LogP contribution in [0.3, 0.4) is 0 Å². The number of nitrogens with zero attached hydrogens (tertiary/aromatic N) is 3. The molecule has 0 saturated carbocycles. The molecule has 136 valence electrons. The SMILES string of the molecule is CCN1CCN(C(=O)[C@H]2CC(=O)N(Cc3ccc(OC)cc3)C2)CC1. The Balaban J connectivity index is 1.55. The van der Waals surface area contributed by atoms with Gasteiger partial charge in [0.05, 0.1) is 13.0 Å². The van der Waals surface area contributed by atoms with Crippen molar-refractivity contribution in [3.63, 3.8) is 0 Å². The van der Waals surface area contributed by atoms with Crippen molar-refractivity contribution >= 4 is 11.8 Å². The van der Waals surface area contributed by atoms with Gasteiger partial charge in [-0.2, -0.15) is 0 Å². The molecule has 0 bridgehead atoms. The third kappa shape index (κ3) is 4.12.